The molecule has 0 fully saturated rings. The number of primary amides is 1. The van der Waals surface area contributed by atoms with Crippen LogP contribution >= 0.6 is 0 Å². The number of nitrogens with one attached hydrogen (secondary N) is 1. The van der Waals surface area contributed by atoms with Crippen molar-refractivity contribution in [2.24, 2.45) is 23.5 Å². The zero-order valence-corrected chi connectivity index (χ0v) is 13.2. The maximum atomic E-state index is 12.4. The molecule has 0 radical (unpaired) electrons. The minimum atomic E-state index is -0.373. The number of hydrogen-bond acceptors (Lipinski definition) is 2. The fourth-order valence-corrected chi connectivity index (χ4v) is 2.33. The minimum Gasteiger partial charge on any atom is -0.369 e. The molecule has 0 heterocycles. The number of nitrogens with two attached hydrogens (primary N) is 1. The van der Waals surface area contributed by atoms with E-state index >= 15 is 0 Å². The molecule has 3 N–H and O–H groups in total. The summed E-state index contributed by atoms with van der Waals surface area (Å²) >= 11 is 0. The van der Waals surface area contributed by atoms with E-state index in [-0.39, 0.29) is 35.1 Å². The lowest BCUT2D eigenvalue weighted by atomic mass is 9.79. The first-order valence-electron chi connectivity index (χ1n) is 7.21. The number of carbonyl (C=O) groups is 2. The van der Waals surface area contributed by atoms with Crippen LogP contribution in [-0.2, 0) is 9.59 Å². The van der Waals surface area contributed by atoms with Gasteiger partial charge in [-0.15, -0.1) is 0 Å². The number of rotatable bonds is 7. The van der Waals surface area contributed by atoms with E-state index in [4.69, 9.17) is 5.73 Å². The van der Waals surface area contributed by atoms with Crippen molar-refractivity contribution in [1.29, 1.82) is 0 Å². The van der Waals surface area contributed by atoms with Crippen LogP contribution < -0.4 is 11.1 Å². The average molecular weight is 270 g/mol. The summed E-state index contributed by atoms with van der Waals surface area (Å²) in [5, 5.41) is 2.97. The summed E-state index contributed by atoms with van der Waals surface area (Å²) in [5.74, 6) is -1.05. The van der Waals surface area contributed by atoms with Crippen molar-refractivity contribution in [1.82, 2.24) is 5.32 Å². The maximum absolute atomic E-state index is 12.4. The molecule has 0 bridgehead atoms. The fraction of sp³-hybridized carbons (Fsp3) is 0.867. The molecule has 0 unspecified atom stereocenters. The molecule has 0 spiro atoms. The summed E-state index contributed by atoms with van der Waals surface area (Å²) in [5.41, 5.74) is 5.20. The van der Waals surface area contributed by atoms with Crippen molar-refractivity contribution >= 4 is 11.8 Å². The summed E-state index contributed by atoms with van der Waals surface area (Å²) in [6.07, 6.45) is 2.60. The third-order valence-electron chi connectivity index (χ3n) is 3.19. The lowest BCUT2D eigenvalue weighted by molar-refractivity contribution is -0.136. The Morgan fingerprint density at radius 1 is 1.21 bits per heavy atom. The van der Waals surface area contributed by atoms with Crippen LogP contribution in [0.5, 0.6) is 0 Å². The largest absolute Gasteiger partial charge is 0.369 e. The highest BCUT2D eigenvalue weighted by molar-refractivity contribution is 5.87. The average Bonchev–Trinajstić information content (AvgIpc) is 2.19. The summed E-state index contributed by atoms with van der Waals surface area (Å²) < 4.78 is 0. The van der Waals surface area contributed by atoms with E-state index in [9.17, 15) is 9.59 Å². The molecule has 19 heavy (non-hydrogen) atoms. The highest BCUT2D eigenvalue weighted by atomic mass is 16.2. The lowest BCUT2D eigenvalue weighted by Gasteiger charge is -2.31. The van der Waals surface area contributed by atoms with Gasteiger partial charge in [-0.2, -0.15) is 0 Å². The van der Waals surface area contributed by atoms with Gasteiger partial charge in [-0.3, -0.25) is 9.59 Å². The van der Waals surface area contributed by atoms with Crippen LogP contribution in [0.2, 0.25) is 0 Å². The number of hydrogen-bond donors (Lipinski definition) is 2. The van der Waals surface area contributed by atoms with Crippen LogP contribution in [0.3, 0.4) is 0 Å². The van der Waals surface area contributed by atoms with Gasteiger partial charge in [-0.05, 0) is 33.1 Å². The Labute approximate surface area is 117 Å². The molecule has 2 atom stereocenters. The van der Waals surface area contributed by atoms with Crippen molar-refractivity contribution < 1.29 is 9.59 Å². The topological polar surface area (TPSA) is 72.2 Å². The van der Waals surface area contributed by atoms with E-state index in [0.717, 1.165) is 12.8 Å². The van der Waals surface area contributed by atoms with Gasteiger partial charge in [-0.1, -0.05) is 33.6 Å². The first kappa shape index (κ1) is 17.9. The highest BCUT2D eigenvalue weighted by Gasteiger charge is 2.35. The van der Waals surface area contributed by atoms with Gasteiger partial charge >= 0.3 is 0 Å². The molecule has 0 aliphatic heterocycles. The van der Waals surface area contributed by atoms with Gasteiger partial charge in [0.15, 0.2) is 0 Å². The van der Waals surface area contributed by atoms with E-state index in [1.165, 1.54) is 0 Å². The SMILES string of the molecule is CCCC[C@H](C(N)=O)[C@H](C(=O)NC(C)(C)C)C(C)C. The standard InChI is InChI=1S/C15H30N2O2/c1-7-8-9-11(13(16)18)12(10(2)3)14(19)17-15(4,5)6/h10-12H,7-9H2,1-6H3,(H2,16,18)(H,17,19)/t11-,12+/m0/s1. The summed E-state index contributed by atoms with van der Waals surface area (Å²) in [4.78, 5) is 24.1. The quantitative estimate of drug-likeness (QED) is 0.746. The van der Waals surface area contributed by atoms with E-state index in [2.05, 4.69) is 12.2 Å². The molecule has 4 nitrogen and oxygen atoms in total. The van der Waals surface area contributed by atoms with Crippen LogP contribution in [0.15, 0.2) is 0 Å². The second kappa shape index (κ2) is 7.51. The predicted molar refractivity (Wildman–Crippen MR) is 78.4 cm³/mol. The van der Waals surface area contributed by atoms with Gasteiger partial charge in [0, 0.05) is 11.5 Å². The third kappa shape index (κ3) is 6.60. The Balaban J connectivity index is 5.03. The van der Waals surface area contributed by atoms with Crippen LogP contribution in [0, 0.1) is 17.8 Å². The molecule has 0 aromatic carbocycles. The van der Waals surface area contributed by atoms with Crippen molar-refractivity contribution in [3.63, 3.8) is 0 Å². The predicted octanol–water partition coefficient (Wildman–Crippen LogP) is 2.46. The number of carbonyl (C=O) groups excluding carboxylic acids is 2. The number of amides is 2. The molecule has 0 aromatic rings. The Kier molecular flexibility index (Phi) is 7.09. The van der Waals surface area contributed by atoms with Gasteiger partial charge in [-0.25, -0.2) is 0 Å². The van der Waals surface area contributed by atoms with Crippen molar-refractivity contribution in [3.05, 3.63) is 0 Å². The van der Waals surface area contributed by atoms with Crippen molar-refractivity contribution in [3.8, 4) is 0 Å². The molecule has 0 aromatic heterocycles. The normalized spacial score (nSPS) is 15.1. The van der Waals surface area contributed by atoms with Crippen molar-refractivity contribution in [2.45, 2.75) is 66.3 Å². The van der Waals surface area contributed by atoms with E-state index in [1.54, 1.807) is 0 Å². The smallest absolute Gasteiger partial charge is 0.224 e. The minimum absolute atomic E-state index is 0.0672. The monoisotopic (exact) mass is 270 g/mol. The summed E-state index contributed by atoms with van der Waals surface area (Å²) in [6.45, 7) is 11.8. The number of unbranched alkanes of at least 4 members (excludes halogenated alkanes) is 1. The van der Waals surface area contributed by atoms with Gasteiger partial charge in [0.1, 0.15) is 0 Å². The first-order chi connectivity index (χ1) is 8.60. The maximum Gasteiger partial charge on any atom is 0.224 e. The molecule has 0 rings (SSSR count). The fourth-order valence-electron chi connectivity index (χ4n) is 2.33. The summed E-state index contributed by atoms with van der Waals surface area (Å²) in [7, 11) is 0. The lowest BCUT2D eigenvalue weighted by Crippen LogP contribution is -2.49. The molecule has 0 aliphatic carbocycles. The Morgan fingerprint density at radius 2 is 1.74 bits per heavy atom. The molecule has 0 saturated heterocycles. The van der Waals surface area contributed by atoms with Gasteiger partial charge in [0.05, 0.1) is 5.92 Å². The third-order valence-corrected chi connectivity index (χ3v) is 3.19. The van der Waals surface area contributed by atoms with Gasteiger partial charge in [0.25, 0.3) is 0 Å². The molecule has 0 saturated carbocycles. The van der Waals surface area contributed by atoms with Crippen LogP contribution in [0.25, 0.3) is 0 Å². The van der Waals surface area contributed by atoms with Crippen molar-refractivity contribution in [2.75, 3.05) is 0 Å². The van der Waals surface area contributed by atoms with Crippen LogP contribution in [0.1, 0.15) is 60.8 Å². The molecular formula is C15H30N2O2. The second-order valence-corrected chi connectivity index (χ2v) is 6.66. The van der Waals surface area contributed by atoms with E-state index in [0.29, 0.717) is 6.42 Å². The van der Waals surface area contributed by atoms with E-state index < -0.39 is 0 Å². The Hall–Kier alpha value is -1.06. The molecule has 4 heteroatoms. The highest BCUT2D eigenvalue weighted by Crippen LogP contribution is 2.26. The molecule has 112 valence electrons. The Morgan fingerprint density at radius 3 is 2.05 bits per heavy atom. The molecule has 2 amide bonds. The van der Waals surface area contributed by atoms with Crippen LogP contribution in [0.4, 0.5) is 0 Å². The Bertz CT molecular complexity index is 306. The van der Waals surface area contributed by atoms with E-state index in [1.807, 2.05) is 34.6 Å². The first-order valence-corrected chi connectivity index (χ1v) is 7.21. The zero-order valence-electron chi connectivity index (χ0n) is 13.2. The molecular weight excluding hydrogens is 240 g/mol. The summed E-state index contributed by atoms with van der Waals surface area (Å²) in [6, 6.07) is 0. The van der Waals surface area contributed by atoms with Crippen LogP contribution in [-0.4, -0.2) is 17.4 Å². The second-order valence-electron chi connectivity index (χ2n) is 6.66. The van der Waals surface area contributed by atoms with Gasteiger partial charge in [0.2, 0.25) is 11.8 Å². The van der Waals surface area contributed by atoms with Gasteiger partial charge < -0.3 is 11.1 Å². The molecule has 0 aliphatic rings. The zero-order chi connectivity index (χ0) is 15.2.